The molecule has 2 aliphatic heterocycles. The Labute approximate surface area is 142 Å². The van der Waals surface area contributed by atoms with Crippen LogP contribution in [-0.4, -0.2) is 46.3 Å². The largest absolute Gasteiger partial charge is 0.381 e. The van der Waals surface area contributed by atoms with Crippen molar-refractivity contribution in [1.29, 1.82) is 0 Å². The number of H-pyrrole nitrogens is 1. The van der Waals surface area contributed by atoms with Crippen LogP contribution in [0.5, 0.6) is 0 Å². The molecule has 1 N–H and O–H groups in total. The van der Waals surface area contributed by atoms with E-state index in [1.165, 1.54) is 5.56 Å². The molecule has 0 saturated carbocycles. The van der Waals surface area contributed by atoms with Gasteiger partial charge in [0.25, 0.3) is 0 Å². The highest BCUT2D eigenvalue weighted by atomic mass is 16.5. The van der Waals surface area contributed by atoms with Crippen molar-refractivity contribution in [2.75, 3.05) is 26.3 Å². The Balaban J connectivity index is 1.55. The lowest BCUT2D eigenvalue weighted by Crippen LogP contribution is -2.53. The Morgan fingerprint density at radius 2 is 1.92 bits per heavy atom. The van der Waals surface area contributed by atoms with Gasteiger partial charge in [-0.3, -0.25) is 9.47 Å². The summed E-state index contributed by atoms with van der Waals surface area (Å²) in [6.45, 7) is 8.32. The molecule has 5 nitrogen and oxygen atoms in total. The molecule has 0 aliphatic carbocycles. The van der Waals surface area contributed by atoms with Crippen LogP contribution < -0.4 is 5.69 Å². The van der Waals surface area contributed by atoms with Gasteiger partial charge in [0.05, 0.1) is 11.0 Å². The molecule has 2 aliphatic rings. The summed E-state index contributed by atoms with van der Waals surface area (Å²) >= 11 is 0. The number of nitrogens with one attached hydrogen (secondary N) is 1. The highest BCUT2D eigenvalue weighted by Gasteiger charge is 2.36. The average Bonchev–Trinajstić information content (AvgIpc) is 2.91. The van der Waals surface area contributed by atoms with E-state index in [1.54, 1.807) is 0 Å². The first kappa shape index (κ1) is 15.9. The number of imidazole rings is 1. The first-order valence-electron chi connectivity index (χ1n) is 9.10. The standard InChI is InChI=1S/C19H27N3O2/c1-14-3-4-16-17(13-14)22(18(23)20-16)15-5-9-21(10-6-15)19(2)7-11-24-12-8-19/h3-4,13,15H,5-12H2,1-2H3,(H,20,23). The minimum Gasteiger partial charge on any atom is -0.381 e. The van der Waals surface area contributed by atoms with Crippen LogP contribution in [-0.2, 0) is 4.74 Å². The number of rotatable bonds is 2. The lowest BCUT2D eigenvalue weighted by Gasteiger charge is -2.47. The van der Waals surface area contributed by atoms with Gasteiger partial charge in [0.1, 0.15) is 0 Å². The summed E-state index contributed by atoms with van der Waals surface area (Å²) in [5.74, 6) is 0. The number of aryl methyl sites for hydroxylation is 1. The highest BCUT2D eigenvalue weighted by Crippen LogP contribution is 2.33. The van der Waals surface area contributed by atoms with Gasteiger partial charge in [0.2, 0.25) is 0 Å². The summed E-state index contributed by atoms with van der Waals surface area (Å²) in [6.07, 6.45) is 4.31. The summed E-state index contributed by atoms with van der Waals surface area (Å²) in [6, 6.07) is 6.49. The second-order valence-electron chi connectivity index (χ2n) is 7.65. The topological polar surface area (TPSA) is 50.3 Å². The Morgan fingerprint density at radius 3 is 2.62 bits per heavy atom. The fraction of sp³-hybridized carbons (Fsp3) is 0.632. The van der Waals surface area contributed by atoms with Crippen LogP contribution in [0.3, 0.4) is 0 Å². The molecule has 0 radical (unpaired) electrons. The minimum atomic E-state index is 0.0336. The summed E-state index contributed by atoms with van der Waals surface area (Å²) in [5, 5.41) is 0. The molecule has 5 heteroatoms. The van der Waals surface area contributed by atoms with Crippen molar-refractivity contribution in [3.8, 4) is 0 Å². The van der Waals surface area contributed by atoms with E-state index in [9.17, 15) is 4.79 Å². The number of fused-ring (bicyclic) bond motifs is 1. The fourth-order valence-electron chi connectivity index (χ4n) is 4.39. The molecule has 0 bridgehead atoms. The van der Waals surface area contributed by atoms with Crippen molar-refractivity contribution >= 4 is 11.0 Å². The van der Waals surface area contributed by atoms with Crippen molar-refractivity contribution in [1.82, 2.24) is 14.5 Å². The number of aromatic nitrogens is 2. The second kappa shape index (κ2) is 6.05. The molecular formula is C19H27N3O2. The Morgan fingerprint density at radius 1 is 1.21 bits per heavy atom. The number of hydrogen-bond donors (Lipinski definition) is 1. The molecule has 3 heterocycles. The van der Waals surface area contributed by atoms with Crippen LogP contribution >= 0.6 is 0 Å². The van der Waals surface area contributed by atoms with E-state index in [0.717, 1.165) is 63.0 Å². The third-order valence-corrected chi connectivity index (χ3v) is 6.04. The van der Waals surface area contributed by atoms with E-state index in [1.807, 2.05) is 10.6 Å². The lowest BCUT2D eigenvalue weighted by atomic mass is 9.87. The van der Waals surface area contributed by atoms with Gasteiger partial charge in [-0.2, -0.15) is 0 Å². The number of benzene rings is 1. The fourth-order valence-corrected chi connectivity index (χ4v) is 4.39. The number of aromatic amines is 1. The summed E-state index contributed by atoms with van der Waals surface area (Å²) < 4.78 is 7.53. The maximum Gasteiger partial charge on any atom is 0.326 e. The van der Waals surface area contributed by atoms with Gasteiger partial charge in [-0.25, -0.2) is 4.79 Å². The smallest absolute Gasteiger partial charge is 0.326 e. The minimum absolute atomic E-state index is 0.0336. The van der Waals surface area contributed by atoms with E-state index in [2.05, 4.69) is 35.9 Å². The van der Waals surface area contributed by atoms with Crippen molar-refractivity contribution in [2.45, 2.75) is 51.1 Å². The second-order valence-corrected chi connectivity index (χ2v) is 7.65. The molecule has 0 spiro atoms. The molecule has 1 aromatic carbocycles. The first-order valence-corrected chi connectivity index (χ1v) is 9.10. The number of nitrogens with zero attached hydrogens (tertiary/aromatic N) is 2. The quantitative estimate of drug-likeness (QED) is 0.922. The molecule has 0 amide bonds. The van der Waals surface area contributed by atoms with Crippen LogP contribution in [0.4, 0.5) is 0 Å². The lowest BCUT2D eigenvalue weighted by molar-refractivity contribution is -0.0312. The van der Waals surface area contributed by atoms with Crippen LogP contribution in [0.15, 0.2) is 23.0 Å². The van der Waals surface area contributed by atoms with Gasteiger partial charge in [0.15, 0.2) is 0 Å². The predicted octanol–water partition coefficient (Wildman–Crippen LogP) is 2.84. The zero-order chi connectivity index (χ0) is 16.7. The zero-order valence-corrected chi connectivity index (χ0v) is 14.7. The molecule has 1 aromatic heterocycles. The van der Waals surface area contributed by atoms with Crippen molar-refractivity contribution in [2.24, 2.45) is 0 Å². The predicted molar refractivity (Wildman–Crippen MR) is 95.6 cm³/mol. The van der Waals surface area contributed by atoms with Gasteiger partial charge in [0, 0.05) is 37.9 Å². The normalized spacial score (nSPS) is 22.9. The van der Waals surface area contributed by atoms with Gasteiger partial charge in [-0.15, -0.1) is 0 Å². The highest BCUT2D eigenvalue weighted by molar-refractivity contribution is 5.76. The number of ether oxygens (including phenoxy) is 1. The van der Waals surface area contributed by atoms with E-state index >= 15 is 0 Å². The molecule has 4 rings (SSSR count). The first-order chi connectivity index (χ1) is 11.6. The summed E-state index contributed by atoms with van der Waals surface area (Å²) in [4.78, 5) is 18.1. The molecule has 130 valence electrons. The Hall–Kier alpha value is -1.59. The monoisotopic (exact) mass is 329 g/mol. The molecular weight excluding hydrogens is 302 g/mol. The third-order valence-electron chi connectivity index (χ3n) is 6.04. The van der Waals surface area contributed by atoms with Crippen LogP contribution in [0, 0.1) is 6.92 Å². The van der Waals surface area contributed by atoms with E-state index in [4.69, 9.17) is 4.74 Å². The molecule has 2 aromatic rings. The van der Waals surface area contributed by atoms with Gasteiger partial charge < -0.3 is 9.72 Å². The average molecular weight is 329 g/mol. The maximum atomic E-state index is 12.5. The van der Waals surface area contributed by atoms with Gasteiger partial charge in [-0.05, 0) is 57.2 Å². The zero-order valence-electron chi connectivity index (χ0n) is 14.7. The van der Waals surface area contributed by atoms with Crippen LogP contribution in [0.25, 0.3) is 11.0 Å². The van der Waals surface area contributed by atoms with Gasteiger partial charge >= 0.3 is 5.69 Å². The maximum absolute atomic E-state index is 12.5. The van der Waals surface area contributed by atoms with Crippen molar-refractivity contribution in [3.63, 3.8) is 0 Å². The van der Waals surface area contributed by atoms with Crippen molar-refractivity contribution in [3.05, 3.63) is 34.2 Å². The number of hydrogen-bond acceptors (Lipinski definition) is 3. The molecule has 0 unspecified atom stereocenters. The molecule has 0 atom stereocenters. The SMILES string of the molecule is Cc1ccc2[nH]c(=O)n(C3CCN(C4(C)CCOCC4)CC3)c2c1. The third kappa shape index (κ3) is 2.70. The number of piperidine rings is 1. The Kier molecular flexibility index (Phi) is 4.01. The van der Waals surface area contributed by atoms with E-state index < -0.39 is 0 Å². The van der Waals surface area contributed by atoms with E-state index in [-0.39, 0.29) is 11.2 Å². The van der Waals surface area contributed by atoms with Crippen molar-refractivity contribution < 1.29 is 4.74 Å². The molecule has 24 heavy (non-hydrogen) atoms. The van der Waals surface area contributed by atoms with Crippen LogP contribution in [0.2, 0.25) is 0 Å². The summed E-state index contributed by atoms with van der Waals surface area (Å²) in [7, 11) is 0. The summed E-state index contributed by atoms with van der Waals surface area (Å²) in [5.41, 5.74) is 3.50. The molecule has 2 saturated heterocycles. The van der Waals surface area contributed by atoms with E-state index in [0.29, 0.717) is 6.04 Å². The molecule has 2 fully saturated rings. The number of likely N-dealkylation sites (tertiary alicyclic amines) is 1. The van der Waals surface area contributed by atoms with Gasteiger partial charge in [-0.1, -0.05) is 6.07 Å². The van der Waals surface area contributed by atoms with Crippen LogP contribution in [0.1, 0.15) is 44.2 Å². The Bertz CT molecular complexity index is 777.